The highest BCUT2D eigenvalue weighted by atomic mass is 35.5. The van der Waals surface area contributed by atoms with Gasteiger partial charge in [-0.05, 0) is 29.8 Å². The fourth-order valence-corrected chi connectivity index (χ4v) is 2.40. The summed E-state index contributed by atoms with van der Waals surface area (Å²) in [6.07, 6.45) is 2.94. The third kappa shape index (κ3) is 4.49. The number of halogens is 1. The van der Waals surface area contributed by atoms with Gasteiger partial charge in [-0.2, -0.15) is 0 Å². The van der Waals surface area contributed by atoms with Crippen LogP contribution in [0.1, 0.15) is 16.1 Å². The second-order valence-electron chi connectivity index (χ2n) is 5.42. The van der Waals surface area contributed by atoms with Gasteiger partial charge in [-0.25, -0.2) is 9.97 Å². The Kier molecular flexibility index (Phi) is 5.66. The number of ether oxygens (including phenoxy) is 1. The lowest BCUT2D eigenvalue weighted by atomic mass is 10.2. The number of hydrogen-bond acceptors (Lipinski definition) is 5. The van der Waals surface area contributed by atoms with Gasteiger partial charge in [0.2, 0.25) is 0 Å². The van der Waals surface area contributed by atoms with E-state index >= 15 is 0 Å². The minimum atomic E-state index is -0.368. The van der Waals surface area contributed by atoms with Gasteiger partial charge in [-0.3, -0.25) is 4.79 Å². The molecule has 6 nitrogen and oxygen atoms in total. The number of para-hydroxylation sites is 1. The zero-order valence-electron chi connectivity index (χ0n) is 14.1. The number of nitrogens with one attached hydrogen (secondary N) is 2. The van der Waals surface area contributed by atoms with E-state index in [9.17, 15) is 4.79 Å². The van der Waals surface area contributed by atoms with Crippen LogP contribution in [0.3, 0.4) is 0 Å². The third-order valence-corrected chi connectivity index (χ3v) is 3.97. The van der Waals surface area contributed by atoms with Crippen molar-refractivity contribution < 1.29 is 9.53 Å². The van der Waals surface area contributed by atoms with Crippen molar-refractivity contribution in [2.75, 3.05) is 17.7 Å². The van der Waals surface area contributed by atoms with Crippen molar-refractivity contribution in [3.63, 3.8) is 0 Å². The number of benzene rings is 2. The number of amides is 1. The molecular formula is C19H17ClN4O2. The van der Waals surface area contributed by atoms with Gasteiger partial charge in [0.1, 0.15) is 17.3 Å². The lowest BCUT2D eigenvalue weighted by molar-refractivity contribution is 0.102. The van der Waals surface area contributed by atoms with Crippen LogP contribution in [0.25, 0.3) is 0 Å². The van der Waals surface area contributed by atoms with Crippen LogP contribution in [0.15, 0.2) is 60.9 Å². The summed E-state index contributed by atoms with van der Waals surface area (Å²) in [5.41, 5.74) is 1.82. The Morgan fingerprint density at radius 1 is 1.08 bits per heavy atom. The van der Waals surface area contributed by atoms with Gasteiger partial charge < -0.3 is 15.4 Å². The first-order valence-electron chi connectivity index (χ1n) is 7.90. The van der Waals surface area contributed by atoms with Crippen LogP contribution in [-0.4, -0.2) is 23.0 Å². The summed E-state index contributed by atoms with van der Waals surface area (Å²) >= 11 is 6.03. The highest BCUT2D eigenvalue weighted by Crippen LogP contribution is 2.21. The zero-order chi connectivity index (χ0) is 18.4. The van der Waals surface area contributed by atoms with E-state index in [1.807, 2.05) is 24.3 Å². The van der Waals surface area contributed by atoms with Gasteiger partial charge in [0.25, 0.3) is 5.91 Å². The van der Waals surface area contributed by atoms with Crippen LogP contribution in [0.4, 0.5) is 11.5 Å². The molecule has 0 unspecified atom stereocenters. The maximum absolute atomic E-state index is 12.2. The van der Waals surface area contributed by atoms with E-state index in [0.717, 1.165) is 11.3 Å². The lowest BCUT2D eigenvalue weighted by Gasteiger charge is -2.08. The Bertz CT molecular complexity index is 883. The molecule has 0 atom stereocenters. The van der Waals surface area contributed by atoms with E-state index in [2.05, 4.69) is 20.6 Å². The number of methoxy groups -OCH3 is 1. The Morgan fingerprint density at radius 3 is 2.50 bits per heavy atom. The summed E-state index contributed by atoms with van der Waals surface area (Å²) in [5, 5.41) is 6.33. The first-order chi connectivity index (χ1) is 12.7. The molecule has 0 aliphatic heterocycles. The van der Waals surface area contributed by atoms with E-state index in [0.29, 0.717) is 23.1 Å². The highest BCUT2D eigenvalue weighted by Gasteiger charge is 2.10. The topological polar surface area (TPSA) is 76.1 Å². The smallest absolute Gasteiger partial charge is 0.275 e. The number of anilines is 2. The fraction of sp³-hybridized carbons (Fsp3) is 0.105. The lowest BCUT2D eigenvalue weighted by Crippen LogP contribution is -2.14. The Balaban J connectivity index is 1.59. The van der Waals surface area contributed by atoms with Crippen LogP contribution in [-0.2, 0) is 6.54 Å². The summed E-state index contributed by atoms with van der Waals surface area (Å²) in [7, 11) is 1.63. The molecule has 2 N–H and O–H groups in total. The molecule has 0 aliphatic carbocycles. The average molecular weight is 369 g/mol. The third-order valence-electron chi connectivity index (χ3n) is 3.64. The molecule has 1 amide bonds. The SMILES string of the molecule is COc1ccc(CNc2cnc(C(=O)Nc3ccccc3Cl)cn2)cc1. The molecule has 2 aromatic carbocycles. The summed E-state index contributed by atoms with van der Waals surface area (Å²) in [4.78, 5) is 20.6. The normalized spacial score (nSPS) is 10.2. The standard InChI is InChI=1S/C19H17ClN4O2/c1-26-14-8-6-13(7-9-14)10-22-18-12-21-17(11-23-18)19(25)24-16-5-3-2-4-15(16)20/h2-9,11-12H,10H2,1H3,(H,22,23)(H,24,25). The van der Waals surface area contributed by atoms with Crippen LogP contribution < -0.4 is 15.4 Å². The van der Waals surface area contributed by atoms with E-state index in [4.69, 9.17) is 16.3 Å². The molecule has 0 fully saturated rings. The molecule has 3 rings (SSSR count). The van der Waals surface area contributed by atoms with Gasteiger partial charge in [0.05, 0.1) is 30.2 Å². The van der Waals surface area contributed by atoms with Crippen molar-refractivity contribution in [2.45, 2.75) is 6.54 Å². The minimum absolute atomic E-state index is 0.208. The molecule has 0 radical (unpaired) electrons. The van der Waals surface area contributed by atoms with E-state index in [-0.39, 0.29) is 11.6 Å². The van der Waals surface area contributed by atoms with E-state index < -0.39 is 0 Å². The zero-order valence-corrected chi connectivity index (χ0v) is 14.8. The minimum Gasteiger partial charge on any atom is -0.497 e. The number of nitrogens with zero attached hydrogens (tertiary/aromatic N) is 2. The monoisotopic (exact) mass is 368 g/mol. The molecule has 7 heteroatoms. The molecule has 0 spiro atoms. The van der Waals surface area contributed by atoms with Crippen molar-refractivity contribution in [2.24, 2.45) is 0 Å². The molecule has 1 aromatic heterocycles. The molecule has 26 heavy (non-hydrogen) atoms. The van der Waals surface area contributed by atoms with Crippen LogP contribution in [0, 0.1) is 0 Å². The van der Waals surface area contributed by atoms with Crippen LogP contribution in [0.2, 0.25) is 5.02 Å². The van der Waals surface area contributed by atoms with Gasteiger partial charge in [-0.1, -0.05) is 35.9 Å². The molecule has 0 bridgehead atoms. The Labute approximate surface area is 156 Å². The number of rotatable bonds is 6. The van der Waals surface area contributed by atoms with Crippen LogP contribution >= 0.6 is 11.6 Å². The predicted molar refractivity (Wildman–Crippen MR) is 102 cm³/mol. The number of hydrogen-bond donors (Lipinski definition) is 2. The first kappa shape index (κ1) is 17.7. The second-order valence-corrected chi connectivity index (χ2v) is 5.83. The molecule has 1 heterocycles. The molecule has 3 aromatic rings. The van der Waals surface area contributed by atoms with Crippen molar-refractivity contribution in [3.8, 4) is 5.75 Å². The largest absolute Gasteiger partial charge is 0.497 e. The maximum Gasteiger partial charge on any atom is 0.275 e. The van der Waals surface area contributed by atoms with Crippen LogP contribution in [0.5, 0.6) is 5.75 Å². The maximum atomic E-state index is 12.2. The molecular weight excluding hydrogens is 352 g/mol. The number of carbonyl (C=O) groups excluding carboxylic acids is 1. The summed E-state index contributed by atoms with van der Waals surface area (Å²) in [6, 6.07) is 14.7. The number of carbonyl (C=O) groups is 1. The molecule has 0 saturated carbocycles. The average Bonchev–Trinajstić information content (AvgIpc) is 2.69. The molecule has 132 valence electrons. The first-order valence-corrected chi connectivity index (χ1v) is 8.28. The number of aromatic nitrogens is 2. The van der Waals surface area contributed by atoms with Crippen molar-refractivity contribution in [1.82, 2.24) is 9.97 Å². The fourth-order valence-electron chi connectivity index (χ4n) is 2.22. The van der Waals surface area contributed by atoms with Gasteiger partial charge in [0.15, 0.2) is 0 Å². The summed E-state index contributed by atoms with van der Waals surface area (Å²) in [6.45, 7) is 0.587. The molecule has 0 saturated heterocycles. The highest BCUT2D eigenvalue weighted by molar-refractivity contribution is 6.33. The van der Waals surface area contributed by atoms with Crippen molar-refractivity contribution >= 4 is 29.0 Å². The summed E-state index contributed by atoms with van der Waals surface area (Å²) < 4.78 is 5.13. The summed E-state index contributed by atoms with van der Waals surface area (Å²) in [5.74, 6) is 1.02. The van der Waals surface area contributed by atoms with E-state index in [1.54, 1.807) is 31.4 Å². The van der Waals surface area contributed by atoms with Gasteiger partial charge in [0, 0.05) is 6.54 Å². The van der Waals surface area contributed by atoms with Crippen molar-refractivity contribution in [3.05, 3.63) is 77.2 Å². The Hall–Kier alpha value is -3.12. The predicted octanol–water partition coefficient (Wildman–Crippen LogP) is 4.00. The second kappa shape index (κ2) is 8.31. The Morgan fingerprint density at radius 2 is 1.85 bits per heavy atom. The van der Waals surface area contributed by atoms with Gasteiger partial charge in [-0.15, -0.1) is 0 Å². The quantitative estimate of drug-likeness (QED) is 0.687. The van der Waals surface area contributed by atoms with E-state index in [1.165, 1.54) is 12.4 Å². The van der Waals surface area contributed by atoms with Crippen molar-refractivity contribution in [1.29, 1.82) is 0 Å². The molecule has 0 aliphatic rings. The van der Waals surface area contributed by atoms with Gasteiger partial charge >= 0.3 is 0 Å².